The Morgan fingerprint density at radius 2 is 2.00 bits per heavy atom. The van der Waals surface area contributed by atoms with Crippen LogP contribution in [0.2, 0.25) is 10.0 Å². The summed E-state index contributed by atoms with van der Waals surface area (Å²) in [6.07, 6.45) is 2.28. The maximum Gasteiger partial charge on any atom is 0.319 e. The topological polar surface area (TPSA) is 66.4 Å². The second-order valence-corrected chi connectivity index (χ2v) is 6.17. The van der Waals surface area contributed by atoms with Crippen LogP contribution in [0.3, 0.4) is 0 Å². The Balaban J connectivity index is 1.81. The highest BCUT2D eigenvalue weighted by molar-refractivity contribution is 6.42. The summed E-state index contributed by atoms with van der Waals surface area (Å²) < 4.78 is 0. The van der Waals surface area contributed by atoms with Crippen LogP contribution in [-0.4, -0.2) is 17.0 Å². The average Bonchev–Trinajstić information content (AvgIpc) is 3.13. The molecule has 2 N–H and O–H groups in total. The summed E-state index contributed by atoms with van der Waals surface area (Å²) in [5.74, 6) is -1.43. The van der Waals surface area contributed by atoms with Crippen LogP contribution < -0.4 is 5.32 Å². The number of hydrogen-bond acceptors (Lipinski definition) is 2. The molecule has 4 nitrogen and oxygen atoms in total. The number of carbonyl (C=O) groups excluding carboxylic acids is 1. The number of benzene rings is 1. The summed E-state index contributed by atoms with van der Waals surface area (Å²) in [6, 6.07) is 3.38. The average molecular weight is 314 g/mol. The molecule has 106 valence electrons. The van der Waals surface area contributed by atoms with Crippen molar-refractivity contribution in [1.82, 2.24) is 5.32 Å². The fraction of sp³-hybridized carbons (Fsp3) is 0.429. The Morgan fingerprint density at radius 1 is 1.30 bits per heavy atom. The third-order valence-electron chi connectivity index (χ3n) is 4.19. The number of carboxylic acid groups (broad SMARTS) is 1. The Labute approximate surface area is 126 Å². The molecule has 1 amide bonds. The number of carbonyl (C=O) groups is 2. The Bertz CT molecular complexity index is 611. The van der Waals surface area contributed by atoms with E-state index in [-0.39, 0.29) is 6.04 Å². The van der Waals surface area contributed by atoms with Crippen molar-refractivity contribution in [3.05, 3.63) is 33.3 Å². The molecule has 3 rings (SSSR count). The maximum absolute atomic E-state index is 12.1. The molecule has 0 aliphatic heterocycles. The van der Waals surface area contributed by atoms with Crippen LogP contribution in [0.5, 0.6) is 0 Å². The lowest BCUT2D eigenvalue weighted by Crippen LogP contribution is -2.38. The first-order valence-electron chi connectivity index (χ1n) is 6.47. The van der Waals surface area contributed by atoms with Gasteiger partial charge in [0.2, 0.25) is 5.91 Å². The van der Waals surface area contributed by atoms with Crippen LogP contribution in [0.1, 0.15) is 36.4 Å². The minimum absolute atomic E-state index is 0.177. The van der Waals surface area contributed by atoms with Gasteiger partial charge in [-0.25, -0.2) is 0 Å². The van der Waals surface area contributed by atoms with Crippen molar-refractivity contribution < 1.29 is 14.7 Å². The fourth-order valence-electron chi connectivity index (χ4n) is 2.74. The van der Waals surface area contributed by atoms with Gasteiger partial charge in [-0.3, -0.25) is 9.59 Å². The number of nitrogens with one attached hydrogen (secondary N) is 1. The van der Waals surface area contributed by atoms with Crippen molar-refractivity contribution >= 4 is 35.1 Å². The monoisotopic (exact) mass is 313 g/mol. The first kappa shape index (κ1) is 13.7. The Morgan fingerprint density at radius 3 is 2.60 bits per heavy atom. The molecule has 2 aliphatic rings. The normalized spacial score (nSPS) is 22.2. The van der Waals surface area contributed by atoms with E-state index in [9.17, 15) is 9.59 Å². The van der Waals surface area contributed by atoms with E-state index in [0.717, 1.165) is 24.0 Å². The van der Waals surface area contributed by atoms with Crippen LogP contribution in [0, 0.1) is 5.41 Å². The number of amides is 1. The molecule has 6 heteroatoms. The van der Waals surface area contributed by atoms with Gasteiger partial charge in [0.25, 0.3) is 0 Å². The van der Waals surface area contributed by atoms with Gasteiger partial charge in [0, 0.05) is 0 Å². The quantitative estimate of drug-likeness (QED) is 0.843. The van der Waals surface area contributed by atoms with Crippen LogP contribution in [0.15, 0.2) is 12.1 Å². The van der Waals surface area contributed by atoms with E-state index in [1.165, 1.54) is 0 Å². The Hall–Kier alpha value is -1.26. The van der Waals surface area contributed by atoms with Crippen molar-refractivity contribution in [2.75, 3.05) is 0 Å². The lowest BCUT2D eigenvalue weighted by Gasteiger charge is -2.17. The van der Waals surface area contributed by atoms with E-state index < -0.39 is 17.3 Å². The first-order valence-corrected chi connectivity index (χ1v) is 7.22. The molecule has 0 saturated heterocycles. The van der Waals surface area contributed by atoms with Crippen molar-refractivity contribution in [2.45, 2.75) is 31.7 Å². The number of halogens is 2. The van der Waals surface area contributed by atoms with Gasteiger partial charge in [0.1, 0.15) is 5.41 Å². The number of aliphatic carboxylic acids is 1. The molecule has 1 fully saturated rings. The highest BCUT2D eigenvalue weighted by atomic mass is 35.5. The van der Waals surface area contributed by atoms with Crippen LogP contribution in [0.25, 0.3) is 0 Å². The van der Waals surface area contributed by atoms with Crippen molar-refractivity contribution in [1.29, 1.82) is 0 Å². The standard InChI is InChI=1S/C14H13Cl2NO3/c15-9-3-1-7-8(11(9)16)2-4-10(7)17-12(18)14(5-6-14)13(19)20/h1,3,10H,2,4-6H2,(H,17,18)(H,19,20). The molecule has 20 heavy (non-hydrogen) atoms. The van der Waals surface area contributed by atoms with Gasteiger partial charge in [-0.05, 0) is 42.9 Å². The predicted molar refractivity (Wildman–Crippen MR) is 75.0 cm³/mol. The van der Waals surface area contributed by atoms with Gasteiger partial charge < -0.3 is 10.4 Å². The zero-order chi connectivity index (χ0) is 14.5. The third-order valence-corrected chi connectivity index (χ3v) is 5.03. The molecule has 0 spiro atoms. The molecular weight excluding hydrogens is 301 g/mol. The van der Waals surface area contributed by atoms with Gasteiger partial charge in [-0.1, -0.05) is 29.3 Å². The first-order chi connectivity index (χ1) is 9.45. The Kier molecular flexibility index (Phi) is 3.18. The maximum atomic E-state index is 12.1. The highest BCUT2D eigenvalue weighted by Gasteiger charge is 2.57. The summed E-state index contributed by atoms with van der Waals surface area (Å²) in [7, 11) is 0. The molecule has 0 heterocycles. The molecular formula is C14H13Cl2NO3. The van der Waals surface area contributed by atoms with E-state index in [1.54, 1.807) is 6.07 Å². The molecule has 1 unspecified atom stereocenters. The largest absolute Gasteiger partial charge is 0.480 e. The summed E-state index contributed by atoms with van der Waals surface area (Å²) in [5.41, 5.74) is 0.678. The molecule has 1 aromatic rings. The molecule has 0 bridgehead atoms. The summed E-state index contributed by atoms with van der Waals surface area (Å²) in [4.78, 5) is 23.3. The SMILES string of the molecule is O=C(O)C1(C(=O)NC2CCc3c2ccc(Cl)c3Cl)CC1. The molecule has 2 aliphatic carbocycles. The summed E-state index contributed by atoms with van der Waals surface area (Å²) in [6.45, 7) is 0. The van der Waals surface area contributed by atoms with E-state index in [1.807, 2.05) is 6.07 Å². The van der Waals surface area contributed by atoms with Crippen molar-refractivity contribution in [3.8, 4) is 0 Å². The van der Waals surface area contributed by atoms with E-state index in [0.29, 0.717) is 22.9 Å². The molecule has 1 aromatic carbocycles. The number of hydrogen-bond donors (Lipinski definition) is 2. The highest BCUT2D eigenvalue weighted by Crippen LogP contribution is 2.47. The number of fused-ring (bicyclic) bond motifs is 1. The van der Waals surface area contributed by atoms with E-state index >= 15 is 0 Å². The smallest absolute Gasteiger partial charge is 0.319 e. The van der Waals surface area contributed by atoms with Gasteiger partial charge in [0.05, 0.1) is 16.1 Å². The van der Waals surface area contributed by atoms with Crippen LogP contribution in [-0.2, 0) is 16.0 Å². The molecule has 0 radical (unpaired) electrons. The number of carboxylic acids is 1. The predicted octanol–water partition coefficient (Wildman–Crippen LogP) is 2.96. The van der Waals surface area contributed by atoms with Crippen molar-refractivity contribution in [2.24, 2.45) is 5.41 Å². The third kappa shape index (κ3) is 1.98. The van der Waals surface area contributed by atoms with Crippen LogP contribution >= 0.6 is 23.2 Å². The molecule has 1 atom stereocenters. The van der Waals surface area contributed by atoms with E-state index in [4.69, 9.17) is 28.3 Å². The summed E-state index contributed by atoms with van der Waals surface area (Å²) >= 11 is 12.1. The zero-order valence-electron chi connectivity index (χ0n) is 10.6. The lowest BCUT2D eigenvalue weighted by molar-refractivity contribution is -0.149. The van der Waals surface area contributed by atoms with E-state index in [2.05, 4.69) is 5.32 Å². The minimum atomic E-state index is -1.21. The second kappa shape index (κ2) is 4.64. The van der Waals surface area contributed by atoms with Gasteiger partial charge in [0.15, 0.2) is 0 Å². The second-order valence-electron chi connectivity index (χ2n) is 5.38. The van der Waals surface area contributed by atoms with Gasteiger partial charge >= 0.3 is 5.97 Å². The zero-order valence-corrected chi connectivity index (χ0v) is 12.1. The van der Waals surface area contributed by atoms with Gasteiger partial charge in [-0.2, -0.15) is 0 Å². The van der Waals surface area contributed by atoms with Crippen LogP contribution in [0.4, 0.5) is 0 Å². The fourth-order valence-corrected chi connectivity index (χ4v) is 3.19. The lowest BCUT2D eigenvalue weighted by atomic mass is 10.0. The van der Waals surface area contributed by atoms with Crippen molar-refractivity contribution in [3.63, 3.8) is 0 Å². The number of rotatable bonds is 3. The molecule has 0 aromatic heterocycles. The summed E-state index contributed by atoms with van der Waals surface area (Å²) in [5, 5.41) is 13.0. The molecule has 1 saturated carbocycles. The van der Waals surface area contributed by atoms with Gasteiger partial charge in [-0.15, -0.1) is 0 Å². The minimum Gasteiger partial charge on any atom is -0.480 e.